The van der Waals surface area contributed by atoms with Crippen LogP contribution in [0.3, 0.4) is 0 Å². The monoisotopic (exact) mass is 398 g/mol. The third-order valence-corrected chi connectivity index (χ3v) is 7.71. The summed E-state index contributed by atoms with van der Waals surface area (Å²) >= 11 is 9.01. The first kappa shape index (κ1) is 17.4. The molecule has 8 heteroatoms. The molecule has 0 radical (unpaired) electrons. The van der Waals surface area contributed by atoms with Gasteiger partial charge in [0.1, 0.15) is 9.90 Å². The van der Waals surface area contributed by atoms with Crippen molar-refractivity contribution in [2.45, 2.75) is 25.7 Å². The van der Waals surface area contributed by atoms with Gasteiger partial charge in [0.15, 0.2) is 0 Å². The van der Waals surface area contributed by atoms with Gasteiger partial charge in [-0.2, -0.15) is 0 Å². The maximum Gasteiger partial charge on any atom is 0.263 e. The molecule has 0 unspecified atom stereocenters. The third-order valence-electron chi connectivity index (χ3n) is 3.50. The minimum atomic E-state index is -3.68. The molecule has 0 spiro atoms. The van der Waals surface area contributed by atoms with Gasteiger partial charge in [-0.1, -0.05) is 17.7 Å². The second-order valence-electron chi connectivity index (χ2n) is 5.34. The number of benzene rings is 1. The van der Waals surface area contributed by atoms with E-state index in [-0.39, 0.29) is 4.90 Å². The van der Waals surface area contributed by atoms with E-state index in [9.17, 15) is 8.42 Å². The summed E-state index contributed by atoms with van der Waals surface area (Å²) < 4.78 is 28.2. The van der Waals surface area contributed by atoms with Crippen LogP contribution in [0, 0.1) is 20.8 Å². The third kappa shape index (κ3) is 3.35. The molecule has 0 amide bonds. The second-order valence-corrected chi connectivity index (χ2v) is 9.52. The fourth-order valence-corrected chi connectivity index (χ4v) is 5.97. The van der Waals surface area contributed by atoms with Crippen molar-refractivity contribution in [1.82, 2.24) is 4.98 Å². The molecule has 1 N–H and O–H groups in total. The van der Waals surface area contributed by atoms with Gasteiger partial charge in [-0.15, -0.1) is 22.7 Å². The highest BCUT2D eigenvalue weighted by Gasteiger charge is 2.22. The van der Waals surface area contributed by atoms with E-state index in [4.69, 9.17) is 11.6 Å². The number of sulfonamides is 1. The highest BCUT2D eigenvalue weighted by molar-refractivity contribution is 7.93. The Morgan fingerprint density at radius 2 is 1.96 bits per heavy atom. The molecule has 0 aliphatic rings. The van der Waals surface area contributed by atoms with Crippen LogP contribution in [-0.4, -0.2) is 13.4 Å². The number of nitrogens with zero attached hydrogens (tertiary/aromatic N) is 1. The first-order valence-corrected chi connectivity index (χ1v) is 10.6. The number of hydrogen-bond donors (Lipinski definition) is 1. The summed E-state index contributed by atoms with van der Waals surface area (Å²) in [7, 11) is -3.68. The maximum absolute atomic E-state index is 12.8. The molecule has 3 rings (SSSR count). The number of halogens is 1. The van der Waals surface area contributed by atoms with E-state index in [2.05, 4.69) is 9.71 Å². The second kappa shape index (κ2) is 6.48. The lowest BCUT2D eigenvalue weighted by molar-refractivity contribution is 0.601. The molecule has 0 fully saturated rings. The zero-order valence-electron chi connectivity index (χ0n) is 13.3. The lowest BCUT2D eigenvalue weighted by Crippen LogP contribution is -2.14. The molecule has 0 aliphatic heterocycles. The van der Waals surface area contributed by atoms with E-state index in [1.165, 1.54) is 22.7 Å². The zero-order chi connectivity index (χ0) is 17.5. The van der Waals surface area contributed by atoms with Crippen molar-refractivity contribution in [2.75, 3.05) is 4.72 Å². The molecule has 24 heavy (non-hydrogen) atoms. The van der Waals surface area contributed by atoms with Gasteiger partial charge in [0, 0.05) is 21.0 Å². The summed E-state index contributed by atoms with van der Waals surface area (Å²) in [4.78, 5) is 6.28. The fourth-order valence-electron chi connectivity index (χ4n) is 2.22. The van der Waals surface area contributed by atoms with Crippen molar-refractivity contribution in [2.24, 2.45) is 0 Å². The Kier molecular flexibility index (Phi) is 4.70. The van der Waals surface area contributed by atoms with Crippen molar-refractivity contribution >= 4 is 50.0 Å². The van der Waals surface area contributed by atoms with Crippen molar-refractivity contribution < 1.29 is 8.42 Å². The molecule has 0 saturated heterocycles. The van der Waals surface area contributed by atoms with Crippen LogP contribution in [0.25, 0.3) is 9.88 Å². The number of hydrogen-bond acceptors (Lipinski definition) is 5. The topological polar surface area (TPSA) is 59.1 Å². The van der Waals surface area contributed by atoms with Crippen LogP contribution < -0.4 is 4.72 Å². The van der Waals surface area contributed by atoms with Gasteiger partial charge in [-0.05, 0) is 44.5 Å². The van der Waals surface area contributed by atoms with Crippen LogP contribution >= 0.6 is 34.3 Å². The van der Waals surface area contributed by atoms with Crippen LogP contribution in [0.15, 0.2) is 34.5 Å². The largest absolute Gasteiger partial charge is 0.279 e. The number of thiophene rings is 1. The molecule has 3 aromatic rings. The molecule has 0 atom stereocenters. The van der Waals surface area contributed by atoms with Crippen molar-refractivity contribution in [3.05, 3.63) is 50.8 Å². The quantitative estimate of drug-likeness (QED) is 0.652. The molecule has 0 saturated carbocycles. The summed E-state index contributed by atoms with van der Waals surface area (Å²) in [6.45, 7) is 5.50. The van der Waals surface area contributed by atoms with Crippen molar-refractivity contribution in [3.63, 3.8) is 0 Å². The standard InChI is InChI=1S/C16H15ClN2O2S3/c1-9-8-22-16(18-9)14-7-15(11(3)23-14)24(20,21)19-13-6-4-5-12(17)10(13)2/h4-8,19H,1-3H3. The van der Waals surface area contributed by atoms with Gasteiger partial charge in [0.25, 0.3) is 10.0 Å². The first-order chi connectivity index (χ1) is 11.3. The summed E-state index contributed by atoms with van der Waals surface area (Å²) in [5.74, 6) is 0. The van der Waals surface area contributed by atoms with Crippen LogP contribution in [-0.2, 0) is 10.0 Å². The van der Waals surface area contributed by atoms with E-state index in [1.54, 1.807) is 38.1 Å². The number of aromatic nitrogens is 1. The zero-order valence-corrected chi connectivity index (χ0v) is 16.5. The summed E-state index contributed by atoms with van der Waals surface area (Å²) in [5, 5.41) is 3.31. The number of anilines is 1. The molecule has 0 bridgehead atoms. The average Bonchev–Trinajstić information content (AvgIpc) is 3.10. The van der Waals surface area contributed by atoms with E-state index >= 15 is 0 Å². The van der Waals surface area contributed by atoms with Crippen LogP contribution in [0.4, 0.5) is 5.69 Å². The molecule has 0 aliphatic carbocycles. The highest BCUT2D eigenvalue weighted by Crippen LogP contribution is 2.36. The molecule has 1 aromatic carbocycles. The predicted molar refractivity (Wildman–Crippen MR) is 102 cm³/mol. The lowest BCUT2D eigenvalue weighted by Gasteiger charge is -2.11. The number of rotatable bonds is 4. The minimum Gasteiger partial charge on any atom is -0.279 e. The van der Waals surface area contributed by atoms with Crippen LogP contribution in [0.1, 0.15) is 16.1 Å². The van der Waals surface area contributed by atoms with E-state index < -0.39 is 10.0 Å². The normalized spacial score (nSPS) is 11.7. The van der Waals surface area contributed by atoms with Crippen molar-refractivity contribution in [3.8, 4) is 9.88 Å². The van der Waals surface area contributed by atoms with Gasteiger partial charge in [-0.25, -0.2) is 13.4 Å². The Labute approximate surface area is 154 Å². The first-order valence-electron chi connectivity index (χ1n) is 7.09. The molecular formula is C16H15ClN2O2S3. The summed E-state index contributed by atoms with van der Waals surface area (Å²) in [5.41, 5.74) is 2.12. The Morgan fingerprint density at radius 3 is 2.62 bits per heavy atom. The SMILES string of the molecule is Cc1csc(-c2cc(S(=O)(=O)Nc3cccc(Cl)c3C)c(C)s2)n1. The van der Waals surface area contributed by atoms with Gasteiger partial charge >= 0.3 is 0 Å². The van der Waals surface area contributed by atoms with E-state index in [0.29, 0.717) is 16.3 Å². The Bertz CT molecular complexity index is 1010. The summed E-state index contributed by atoms with van der Waals surface area (Å²) in [6.07, 6.45) is 0. The fraction of sp³-hybridized carbons (Fsp3) is 0.188. The number of nitrogens with one attached hydrogen (secondary N) is 1. The Hall–Kier alpha value is -1.41. The van der Waals surface area contributed by atoms with Gasteiger partial charge in [0.05, 0.1) is 10.6 Å². The maximum atomic E-state index is 12.8. The summed E-state index contributed by atoms with van der Waals surface area (Å²) in [6, 6.07) is 6.83. The molecule has 2 aromatic heterocycles. The average molecular weight is 399 g/mol. The lowest BCUT2D eigenvalue weighted by atomic mass is 10.2. The van der Waals surface area contributed by atoms with Crippen LogP contribution in [0.2, 0.25) is 5.02 Å². The molecule has 2 heterocycles. The van der Waals surface area contributed by atoms with E-state index in [1.807, 2.05) is 12.3 Å². The van der Waals surface area contributed by atoms with Gasteiger partial charge < -0.3 is 0 Å². The highest BCUT2D eigenvalue weighted by atomic mass is 35.5. The van der Waals surface area contributed by atoms with E-state index in [0.717, 1.165) is 20.5 Å². The number of thiazole rings is 1. The number of aryl methyl sites for hydroxylation is 2. The van der Waals surface area contributed by atoms with Gasteiger partial charge in [-0.3, -0.25) is 4.72 Å². The Balaban J connectivity index is 1.98. The molecule has 126 valence electrons. The molecule has 4 nitrogen and oxygen atoms in total. The minimum absolute atomic E-state index is 0.273. The predicted octanol–water partition coefficient (Wildman–Crippen LogP) is 5.25. The van der Waals surface area contributed by atoms with Crippen LogP contribution in [0.5, 0.6) is 0 Å². The van der Waals surface area contributed by atoms with Gasteiger partial charge in [0.2, 0.25) is 0 Å². The smallest absolute Gasteiger partial charge is 0.263 e. The Morgan fingerprint density at radius 1 is 1.21 bits per heavy atom. The van der Waals surface area contributed by atoms with Crippen molar-refractivity contribution in [1.29, 1.82) is 0 Å². The molecular weight excluding hydrogens is 384 g/mol.